The molecule has 0 aromatic rings. The predicted molar refractivity (Wildman–Crippen MR) is 52.4 cm³/mol. The molecule has 2 atom stereocenters. The van der Waals surface area contributed by atoms with Crippen molar-refractivity contribution >= 4 is 17.7 Å². The number of thioether (sulfide) groups is 1. The summed E-state index contributed by atoms with van der Waals surface area (Å²) < 4.78 is 0. The van der Waals surface area contributed by atoms with Gasteiger partial charge in [-0.2, -0.15) is 11.8 Å². The largest absolute Gasteiger partial charge is 0.358 e. The van der Waals surface area contributed by atoms with Gasteiger partial charge in [-0.3, -0.25) is 4.79 Å². The van der Waals surface area contributed by atoms with Gasteiger partial charge in [0, 0.05) is 18.8 Å². The van der Waals surface area contributed by atoms with Crippen molar-refractivity contribution in [3.8, 4) is 0 Å². The van der Waals surface area contributed by atoms with Gasteiger partial charge in [-0.25, -0.2) is 0 Å². The summed E-state index contributed by atoms with van der Waals surface area (Å²) in [6.07, 6.45) is 1.19. The third-order valence-corrected chi connectivity index (χ3v) is 3.22. The van der Waals surface area contributed by atoms with Crippen molar-refractivity contribution < 1.29 is 4.79 Å². The highest BCUT2D eigenvalue weighted by atomic mass is 32.2. The van der Waals surface area contributed by atoms with Crippen LogP contribution < -0.4 is 10.6 Å². The van der Waals surface area contributed by atoms with Gasteiger partial charge in [0.2, 0.25) is 5.91 Å². The topological polar surface area (TPSA) is 41.1 Å². The monoisotopic (exact) mass is 188 g/mol. The molecule has 1 heterocycles. The summed E-state index contributed by atoms with van der Waals surface area (Å²) in [5.41, 5.74) is 0. The van der Waals surface area contributed by atoms with Crippen LogP contribution in [0.4, 0.5) is 0 Å². The van der Waals surface area contributed by atoms with Crippen LogP contribution in [0.1, 0.15) is 13.3 Å². The smallest absolute Gasteiger partial charge is 0.236 e. The van der Waals surface area contributed by atoms with Crippen LogP contribution in [0.3, 0.4) is 0 Å². The SMILES string of the molecule is CNC(=O)[C@@H](C)NC1CCSC1. The third-order valence-electron chi connectivity index (χ3n) is 2.06. The lowest BCUT2D eigenvalue weighted by Crippen LogP contribution is -2.45. The second kappa shape index (κ2) is 4.72. The molecule has 0 radical (unpaired) electrons. The first-order valence-electron chi connectivity index (χ1n) is 4.29. The number of rotatable bonds is 3. The summed E-state index contributed by atoms with van der Waals surface area (Å²) >= 11 is 1.95. The van der Waals surface area contributed by atoms with E-state index in [-0.39, 0.29) is 11.9 Å². The Labute approximate surface area is 77.7 Å². The van der Waals surface area contributed by atoms with E-state index in [0.29, 0.717) is 6.04 Å². The molecule has 4 heteroatoms. The molecule has 1 amide bonds. The number of nitrogens with one attached hydrogen (secondary N) is 2. The molecule has 2 N–H and O–H groups in total. The molecule has 1 aliphatic heterocycles. The minimum atomic E-state index is -0.0568. The van der Waals surface area contributed by atoms with E-state index in [1.54, 1.807) is 7.05 Å². The maximum absolute atomic E-state index is 11.1. The number of hydrogen-bond acceptors (Lipinski definition) is 3. The molecule has 12 heavy (non-hydrogen) atoms. The molecule has 1 fully saturated rings. The molecule has 0 aromatic carbocycles. The van der Waals surface area contributed by atoms with Crippen LogP contribution in [0.5, 0.6) is 0 Å². The number of amides is 1. The van der Waals surface area contributed by atoms with Gasteiger partial charge in [0.1, 0.15) is 0 Å². The fraction of sp³-hybridized carbons (Fsp3) is 0.875. The van der Waals surface area contributed by atoms with Crippen LogP contribution in [0.25, 0.3) is 0 Å². The van der Waals surface area contributed by atoms with Gasteiger partial charge in [-0.1, -0.05) is 0 Å². The number of hydrogen-bond donors (Lipinski definition) is 2. The molecule has 3 nitrogen and oxygen atoms in total. The average Bonchev–Trinajstić information content (AvgIpc) is 2.55. The van der Waals surface area contributed by atoms with E-state index in [9.17, 15) is 4.79 Å². The maximum Gasteiger partial charge on any atom is 0.236 e. The van der Waals surface area contributed by atoms with Crippen molar-refractivity contribution in [1.82, 2.24) is 10.6 Å². The van der Waals surface area contributed by atoms with Gasteiger partial charge >= 0.3 is 0 Å². The maximum atomic E-state index is 11.1. The fourth-order valence-electron chi connectivity index (χ4n) is 1.31. The van der Waals surface area contributed by atoms with Gasteiger partial charge in [0.05, 0.1) is 6.04 Å². The van der Waals surface area contributed by atoms with Gasteiger partial charge in [-0.15, -0.1) is 0 Å². The molecule has 0 spiro atoms. The predicted octanol–water partition coefficient (Wildman–Crippen LogP) is 0.216. The second-order valence-corrected chi connectivity index (χ2v) is 4.21. The fourth-order valence-corrected chi connectivity index (χ4v) is 2.48. The highest BCUT2D eigenvalue weighted by Crippen LogP contribution is 2.17. The van der Waals surface area contributed by atoms with Crippen molar-refractivity contribution in [3.63, 3.8) is 0 Å². The summed E-state index contributed by atoms with van der Waals surface area (Å²) in [6, 6.07) is 0.473. The minimum Gasteiger partial charge on any atom is -0.358 e. The molecule has 1 rings (SSSR count). The zero-order valence-electron chi connectivity index (χ0n) is 7.59. The van der Waals surface area contributed by atoms with Gasteiger partial charge in [0.25, 0.3) is 0 Å². The minimum absolute atomic E-state index is 0.0568. The molecular formula is C8H16N2OS. The Morgan fingerprint density at radius 2 is 2.42 bits per heavy atom. The first-order chi connectivity index (χ1) is 5.74. The molecule has 1 saturated heterocycles. The van der Waals surface area contributed by atoms with E-state index in [1.165, 1.54) is 12.2 Å². The summed E-state index contributed by atoms with van der Waals surface area (Å²) in [7, 11) is 1.67. The lowest BCUT2D eigenvalue weighted by atomic mass is 10.2. The number of carbonyl (C=O) groups excluding carboxylic acids is 1. The van der Waals surface area contributed by atoms with Crippen LogP contribution in [0.15, 0.2) is 0 Å². The molecule has 0 bridgehead atoms. The summed E-state index contributed by atoms with van der Waals surface area (Å²) in [4.78, 5) is 11.1. The van der Waals surface area contributed by atoms with E-state index in [0.717, 1.165) is 5.75 Å². The van der Waals surface area contributed by atoms with Crippen LogP contribution >= 0.6 is 11.8 Å². The second-order valence-electron chi connectivity index (χ2n) is 3.06. The van der Waals surface area contributed by atoms with E-state index < -0.39 is 0 Å². The Hall–Kier alpha value is -0.220. The third kappa shape index (κ3) is 2.68. The first-order valence-corrected chi connectivity index (χ1v) is 5.45. The number of likely N-dealkylation sites (N-methyl/N-ethyl adjacent to an activating group) is 1. The zero-order valence-corrected chi connectivity index (χ0v) is 8.41. The quantitative estimate of drug-likeness (QED) is 0.665. The standard InChI is InChI=1S/C8H16N2OS/c1-6(8(11)9-2)10-7-3-4-12-5-7/h6-7,10H,3-5H2,1-2H3,(H,9,11)/t6-,7?/m1/s1. The lowest BCUT2D eigenvalue weighted by molar-refractivity contribution is -0.122. The van der Waals surface area contributed by atoms with Crippen molar-refractivity contribution in [2.24, 2.45) is 0 Å². The molecule has 0 saturated carbocycles. The summed E-state index contributed by atoms with van der Waals surface area (Å²) in [5, 5.41) is 5.93. The van der Waals surface area contributed by atoms with Crippen LogP contribution in [0.2, 0.25) is 0 Å². The molecule has 70 valence electrons. The highest BCUT2D eigenvalue weighted by Gasteiger charge is 2.19. The van der Waals surface area contributed by atoms with Crippen molar-refractivity contribution in [3.05, 3.63) is 0 Å². The number of carbonyl (C=O) groups is 1. The van der Waals surface area contributed by atoms with Crippen molar-refractivity contribution in [2.75, 3.05) is 18.6 Å². The summed E-state index contributed by atoms with van der Waals surface area (Å²) in [5.74, 6) is 2.44. The lowest BCUT2D eigenvalue weighted by Gasteiger charge is -2.16. The zero-order chi connectivity index (χ0) is 8.97. The molecular weight excluding hydrogens is 172 g/mol. The van der Waals surface area contributed by atoms with E-state index in [4.69, 9.17) is 0 Å². The Morgan fingerprint density at radius 1 is 1.67 bits per heavy atom. The average molecular weight is 188 g/mol. The van der Waals surface area contributed by atoms with Gasteiger partial charge in [0.15, 0.2) is 0 Å². The van der Waals surface area contributed by atoms with Crippen molar-refractivity contribution in [2.45, 2.75) is 25.4 Å². The highest BCUT2D eigenvalue weighted by molar-refractivity contribution is 7.99. The van der Waals surface area contributed by atoms with E-state index >= 15 is 0 Å². The Morgan fingerprint density at radius 3 is 2.92 bits per heavy atom. The molecule has 1 aliphatic rings. The Balaban J connectivity index is 2.24. The van der Waals surface area contributed by atoms with Crippen LogP contribution in [-0.4, -0.2) is 36.5 Å². The Bertz CT molecular complexity index is 157. The normalized spacial score (nSPS) is 25.3. The molecule has 0 aliphatic carbocycles. The molecule has 1 unspecified atom stereocenters. The van der Waals surface area contributed by atoms with E-state index in [1.807, 2.05) is 18.7 Å². The Kier molecular flexibility index (Phi) is 3.88. The van der Waals surface area contributed by atoms with Gasteiger partial charge in [-0.05, 0) is 19.1 Å². The van der Waals surface area contributed by atoms with Crippen LogP contribution in [0, 0.1) is 0 Å². The van der Waals surface area contributed by atoms with E-state index in [2.05, 4.69) is 10.6 Å². The van der Waals surface area contributed by atoms with Crippen molar-refractivity contribution in [1.29, 1.82) is 0 Å². The first kappa shape index (κ1) is 9.86. The van der Waals surface area contributed by atoms with Crippen LogP contribution in [-0.2, 0) is 4.79 Å². The van der Waals surface area contributed by atoms with Gasteiger partial charge < -0.3 is 10.6 Å². The molecule has 0 aromatic heterocycles. The summed E-state index contributed by atoms with van der Waals surface area (Å²) in [6.45, 7) is 1.90.